The third-order valence-corrected chi connectivity index (χ3v) is 4.70. The first kappa shape index (κ1) is 19.1. The van der Waals surface area contributed by atoms with Crippen molar-refractivity contribution in [3.05, 3.63) is 51.5 Å². The second-order valence-electron chi connectivity index (χ2n) is 5.60. The van der Waals surface area contributed by atoms with E-state index in [0.29, 0.717) is 27.3 Å². The first-order valence-electron chi connectivity index (χ1n) is 7.78. The molecule has 0 radical (unpaired) electrons. The van der Waals surface area contributed by atoms with Crippen molar-refractivity contribution in [3.63, 3.8) is 0 Å². The zero-order valence-corrected chi connectivity index (χ0v) is 16.6. The number of amides is 1. The highest BCUT2D eigenvalue weighted by atomic mass is 79.9. The van der Waals surface area contributed by atoms with Crippen molar-refractivity contribution in [3.8, 4) is 17.2 Å². The molecule has 1 unspecified atom stereocenters. The van der Waals surface area contributed by atoms with E-state index >= 15 is 0 Å². The molecule has 1 atom stereocenters. The Balaban J connectivity index is 2.27. The summed E-state index contributed by atoms with van der Waals surface area (Å²) in [4.78, 5) is 12.7. The second-order valence-corrected chi connectivity index (χ2v) is 6.46. The molecule has 0 saturated carbocycles. The van der Waals surface area contributed by atoms with Gasteiger partial charge in [-0.1, -0.05) is 0 Å². The van der Waals surface area contributed by atoms with E-state index in [4.69, 9.17) is 14.2 Å². The molecule has 5 nitrogen and oxygen atoms in total. The molecule has 0 aromatic heterocycles. The maximum absolute atomic E-state index is 12.7. The van der Waals surface area contributed by atoms with Crippen molar-refractivity contribution in [2.45, 2.75) is 19.9 Å². The summed E-state index contributed by atoms with van der Waals surface area (Å²) in [7, 11) is 4.76. The van der Waals surface area contributed by atoms with Crippen LogP contribution in [0.5, 0.6) is 17.2 Å². The lowest BCUT2D eigenvalue weighted by molar-refractivity contribution is 0.0938. The van der Waals surface area contributed by atoms with E-state index in [1.807, 2.05) is 26.0 Å². The number of ether oxygens (including phenoxy) is 3. The lowest BCUT2D eigenvalue weighted by Gasteiger charge is -2.19. The van der Waals surface area contributed by atoms with E-state index < -0.39 is 0 Å². The molecular formula is C19H22BrNO4. The van der Waals surface area contributed by atoms with Crippen LogP contribution in [-0.2, 0) is 0 Å². The van der Waals surface area contributed by atoms with Crippen LogP contribution >= 0.6 is 15.9 Å². The Hall–Kier alpha value is -2.21. The number of rotatable bonds is 6. The largest absolute Gasteiger partial charge is 0.497 e. The Morgan fingerprint density at radius 2 is 1.68 bits per heavy atom. The molecule has 0 fully saturated rings. The maximum Gasteiger partial charge on any atom is 0.253 e. The highest BCUT2D eigenvalue weighted by molar-refractivity contribution is 9.10. The van der Waals surface area contributed by atoms with Gasteiger partial charge in [-0.05, 0) is 71.2 Å². The third-order valence-electron chi connectivity index (χ3n) is 4.00. The summed E-state index contributed by atoms with van der Waals surface area (Å²) in [5, 5.41) is 3.01. The predicted octanol–water partition coefficient (Wildman–Crippen LogP) is 4.27. The molecule has 0 bridgehead atoms. The molecule has 0 heterocycles. The van der Waals surface area contributed by atoms with Crippen molar-refractivity contribution in [1.82, 2.24) is 5.32 Å². The Morgan fingerprint density at radius 3 is 2.28 bits per heavy atom. The van der Waals surface area contributed by atoms with Crippen LogP contribution in [0, 0.1) is 6.92 Å². The Bertz CT molecular complexity index is 776. The smallest absolute Gasteiger partial charge is 0.253 e. The molecule has 1 N–H and O–H groups in total. The average molecular weight is 408 g/mol. The molecule has 25 heavy (non-hydrogen) atoms. The molecule has 2 aromatic carbocycles. The van der Waals surface area contributed by atoms with Crippen molar-refractivity contribution in [2.24, 2.45) is 0 Å². The van der Waals surface area contributed by atoms with Crippen LogP contribution < -0.4 is 19.5 Å². The van der Waals surface area contributed by atoms with E-state index in [1.165, 1.54) is 0 Å². The molecule has 0 spiro atoms. The fourth-order valence-corrected chi connectivity index (χ4v) is 3.05. The van der Waals surface area contributed by atoms with Gasteiger partial charge in [0.25, 0.3) is 5.91 Å². The van der Waals surface area contributed by atoms with Crippen molar-refractivity contribution in [2.75, 3.05) is 21.3 Å². The summed E-state index contributed by atoms with van der Waals surface area (Å²) in [6, 6.07) is 8.87. The summed E-state index contributed by atoms with van der Waals surface area (Å²) in [5.74, 6) is 1.74. The minimum atomic E-state index is -0.203. The molecular weight excluding hydrogens is 386 g/mol. The predicted molar refractivity (Wildman–Crippen MR) is 101 cm³/mol. The van der Waals surface area contributed by atoms with Gasteiger partial charge in [0.2, 0.25) is 0 Å². The quantitative estimate of drug-likeness (QED) is 0.776. The van der Waals surface area contributed by atoms with Gasteiger partial charge < -0.3 is 19.5 Å². The minimum Gasteiger partial charge on any atom is -0.497 e. The summed E-state index contributed by atoms with van der Waals surface area (Å²) >= 11 is 3.41. The first-order valence-corrected chi connectivity index (χ1v) is 8.57. The zero-order valence-electron chi connectivity index (χ0n) is 15.0. The van der Waals surface area contributed by atoms with Crippen LogP contribution in [-0.4, -0.2) is 27.2 Å². The monoisotopic (exact) mass is 407 g/mol. The first-order chi connectivity index (χ1) is 11.9. The van der Waals surface area contributed by atoms with Crippen molar-refractivity contribution in [1.29, 1.82) is 0 Å². The van der Waals surface area contributed by atoms with E-state index in [1.54, 1.807) is 39.5 Å². The van der Waals surface area contributed by atoms with E-state index in [2.05, 4.69) is 21.2 Å². The van der Waals surface area contributed by atoms with E-state index in [0.717, 1.165) is 11.1 Å². The molecule has 2 rings (SSSR count). The van der Waals surface area contributed by atoms with Gasteiger partial charge in [-0.15, -0.1) is 0 Å². The molecule has 0 aliphatic rings. The molecule has 6 heteroatoms. The highest BCUT2D eigenvalue weighted by Gasteiger charge is 2.18. The number of hydrogen-bond acceptors (Lipinski definition) is 4. The molecule has 2 aromatic rings. The van der Waals surface area contributed by atoms with E-state index in [9.17, 15) is 4.79 Å². The number of halogens is 1. The van der Waals surface area contributed by atoms with Gasteiger partial charge in [0.1, 0.15) is 5.75 Å². The van der Waals surface area contributed by atoms with Gasteiger partial charge in [-0.25, -0.2) is 0 Å². The number of carbonyl (C=O) groups excluding carboxylic acids is 1. The topological polar surface area (TPSA) is 56.8 Å². The Kier molecular flexibility index (Phi) is 6.31. The number of aryl methyl sites for hydroxylation is 1. The standard InChI is InChI=1S/C19H22BrNO4/c1-11-8-17(24-4)18(25-5)10-14(11)12(2)21-19(22)15-9-13(23-3)6-7-16(15)20/h6-10,12H,1-5H3,(H,21,22). The van der Waals surface area contributed by atoms with Crippen LogP contribution in [0.15, 0.2) is 34.8 Å². The van der Waals surface area contributed by atoms with Gasteiger partial charge in [0.15, 0.2) is 11.5 Å². The zero-order chi connectivity index (χ0) is 18.6. The average Bonchev–Trinajstić information content (AvgIpc) is 2.61. The van der Waals surface area contributed by atoms with Gasteiger partial charge in [-0.3, -0.25) is 4.79 Å². The Labute approximate surface area is 156 Å². The van der Waals surface area contributed by atoms with E-state index in [-0.39, 0.29) is 11.9 Å². The summed E-state index contributed by atoms with van der Waals surface area (Å²) < 4.78 is 16.6. The normalized spacial score (nSPS) is 11.6. The third kappa shape index (κ3) is 4.25. The Morgan fingerprint density at radius 1 is 1.04 bits per heavy atom. The molecule has 0 saturated heterocycles. The fourth-order valence-electron chi connectivity index (χ4n) is 2.62. The van der Waals surface area contributed by atoms with Crippen LogP contribution in [0.1, 0.15) is 34.5 Å². The molecule has 0 aliphatic heterocycles. The number of benzene rings is 2. The lowest BCUT2D eigenvalue weighted by Crippen LogP contribution is -2.27. The summed E-state index contributed by atoms with van der Waals surface area (Å²) in [6.45, 7) is 3.90. The molecule has 0 aliphatic carbocycles. The summed E-state index contributed by atoms with van der Waals surface area (Å²) in [5.41, 5.74) is 2.49. The van der Waals surface area contributed by atoms with Crippen LogP contribution in [0.25, 0.3) is 0 Å². The minimum absolute atomic E-state index is 0.188. The van der Waals surface area contributed by atoms with Crippen LogP contribution in [0.3, 0.4) is 0 Å². The number of methoxy groups -OCH3 is 3. The molecule has 134 valence electrons. The van der Waals surface area contributed by atoms with Gasteiger partial charge in [0, 0.05) is 4.47 Å². The van der Waals surface area contributed by atoms with Gasteiger partial charge >= 0.3 is 0 Å². The van der Waals surface area contributed by atoms with Gasteiger partial charge in [0.05, 0.1) is 32.9 Å². The van der Waals surface area contributed by atoms with Crippen molar-refractivity contribution < 1.29 is 19.0 Å². The van der Waals surface area contributed by atoms with Crippen LogP contribution in [0.4, 0.5) is 0 Å². The fraction of sp³-hybridized carbons (Fsp3) is 0.316. The maximum atomic E-state index is 12.7. The highest BCUT2D eigenvalue weighted by Crippen LogP contribution is 2.33. The summed E-state index contributed by atoms with van der Waals surface area (Å²) in [6.07, 6.45) is 0. The van der Waals surface area contributed by atoms with Crippen molar-refractivity contribution >= 4 is 21.8 Å². The second kappa shape index (κ2) is 8.25. The number of nitrogens with one attached hydrogen (secondary N) is 1. The number of carbonyl (C=O) groups is 1. The molecule has 1 amide bonds. The SMILES string of the molecule is COc1ccc(Br)c(C(=O)NC(C)c2cc(OC)c(OC)cc2C)c1. The van der Waals surface area contributed by atoms with Gasteiger partial charge in [-0.2, -0.15) is 0 Å². The van der Waals surface area contributed by atoms with Crippen LogP contribution in [0.2, 0.25) is 0 Å². The number of hydrogen-bond donors (Lipinski definition) is 1. The lowest BCUT2D eigenvalue weighted by atomic mass is 10.0.